The lowest BCUT2D eigenvalue weighted by molar-refractivity contribution is 0.0905. The molecule has 2 aliphatic carbocycles. The third-order valence-corrected chi connectivity index (χ3v) is 7.94. The first kappa shape index (κ1) is 17.7. The van der Waals surface area contributed by atoms with Gasteiger partial charge in [-0.15, -0.1) is 16.4 Å². The number of nitrogen functional groups attached to an aromatic ring is 1. The molecule has 6 heteroatoms. The predicted molar refractivity (Wildman–Crippen MR) is 106 cm³/mol. The zero-order valence-corrected chi connectivity index (χ0v) is 17.0. The van der Waals surface area contributed by atoms with Crippen LogP contribution >= 0.6 is 11.3 Å². The normalized spacial score (nSPS) is 33.6. The van der Waals surface area contributed by atoms with Crippen LogP contribution in [0, 0.1) is 37.0 Å². The summed E-state index contributed by atoms with van der Waals surface area (Å²) in [4.78, 5) is 14.4. The number of carbonyl (C=O) groups is 1. The second-order valence-electron chi connectivity index (χ2n) is 8.88. The van der Waals surface area contributed by atoms with Crippen molar-refractivity contribution >= 4 is 33.1 Å². The van der Waals surface area contributed by atoms with Crippen LogP contribution in [0.2, 0.25) is 0 Å². The Kier molecular flexibility index (Phi) is 4.03. The number of thiophene rings is 1. The van der Waals surface area contributed by atoms with Gasteiger partial charge in [0.05, 0.1) is 11.4 Å². The Morgan fingerprint density at radius 1 is 1.23 bits per heavy atom. The number of nitrogens with two attached hydrogens (primary N) is 1. The molecule has 2 heterocycles. The maximum absolute atomic E-state index is 13.0. The molecule has 5 unspecified atom stereocenters. The third-order valence-electron chi connectivity index (χ3n) is 6.85. The van der Waals surface area contributed by atoms with Crippen molar-refractivity contribution in [2.24, 2.45) is 23.2 Å². The van der Waals surface area contributed by atoms with Crippen LogP contribution in [0.1, 0.15) is 61.0 Å². The molecule has 0 spiro atoms. The zero-order valence-electron chi connectivity index (χ0n) is 16.2. The number of hydrogen-bond donors (Lipinski definition) is 2. The number of fused-ring (bicyclic) bond motifs is 2. The van der Waals surface area contributed by atoms with E-state index in [9.17, 15) is 4.79 Å². The lowest BCUT2D eigenvalue weighted by Gasteiger charge is -2.29. The average molecular weight is 373 g/mol. The molecule has 140 valence electrons. The van der Waals surface area contributed by atoms with E-state index in [1.807, 2.05) is 13.8 Å². The van der Waals surface area contributed by atoms with Gasteiger partial charge in [0.1, 0.15) is 9.71 Å². The molecule has 2 aliphatic rings. The predicted octanol–water partition coefficient (Wildman–Crippen LogP) is 4.08. The number of amides is 1. The van der Waals surface area contributed by atoms with Gasteiger partial charge in [-0.2, -0.15) is 5.10 Å². The molecule has 0 radical (unpaired) electrons. The number of carbonyl (C=O) groups excluding carboxylic acids is 1. The van der Waals surface area contributed by atoms with Gasteiger partial charge in [0, 0.05) is 11.4 Å². The molecule has 0 bridgehead atoms. The monoisotopic (exact) mass is 372 g/mol. The van der Waals surface area contributed by atoms with E-state index < -0.39 is 0 Å². The summed E-state index contributed by atoms with van der Waals surface area (Å²) >= 11 is 1.35. The van der Waals surface area contributed by atoms with E-state index in [1.165, 1.54) is 30.6 Å². The molecule has 2 fully saturated rings. The van der Waals surface area contributed by atoms with Crippen LogP contribution in [-0.4, -0.2) is 22.1 Å². The number of rotatable bonds is 2. The van der Waals surface area contributed by atoms with E-state index in [0.717, 1.165) is 27.4 Å². The van der Waals surface area contributed by atoms with Gasteiger partial charge in [0.2, 0.25) is 0 Å². The Hall–Kier alpha value is -1.69. The molecular weight excluding hydrogens is 344 g/mol. The number of nitrogens with one attached hydrogen (secondary N) is 1. The minimum absolute atomic E-state index is 0.0630. The highest BCUT2D eigenvalue weighted by atomic mass is 32.1. The Labute approximate surface area is 158 Å². The Balaban J connectivity index is 1.61. The Morgan fingerprint density at radius 3 is 2.69 bits per heavy atom. The molecular formula is C20H28N4OS. The zero-order chi connectivity index (χ0) is 18.8. The van der Waals surface area contributed by atoms with E-state index in [-0.39, 0.29) is 11.9 Å². The minimum atomic E-state index is -0.0630. The Bertz CT molecular complexity index is 892. The molecule has 0 saturated heterocycles. The van der Waals surface area contributed by atoms with Gasteiger partial charge in [-0.25, -0.2) is 0 Å². The molecule has 26 heavy (non-hydrogen) atoms. The van der Waals surface area contributed by atoms with Crippen LogP contribution in [-0.2, 0) is 0 Å². The summed E-state index contributed by atoms with van der Waals surface area (Å²) < 4.78 is 0. The highest BCUT2D eigenvalue weighted by molar-refractivity contribution is 7.21. The van der Waals surface area contributed by atoms with Gasteiger partial charge in [0.15, 0.2) is 0 Å². The Morgan fingerprint density at radius 2 is 1.96 bits per heavy atom. The van der Waals surface area contributed by atoms with Crippen LogP contribution in [0.4, 0.5) is 5.69 Å². The first-order valence-corrected chi connectivity index (χ1v) is 10.4. The summed E-state index contributed by atoms with van der Waals surface area (Å²) in [7, 11) is 0. The van der Waals surface area contributed by atoms with Crippen molar-refractivity contribution in [3.8, 4) is 0 Å². The van der Waals surface area contributed by atoms with Crippen LogP contribution < -0.4 is 11.1 Å². The molecule has 4 rings (SSSR count). The molecule has 1 amide bonds. The molecule has 2 aromatic heterocycles. The van der Waals surface area contributed by atoms with Gasteiger partial charge in [-0.3, -0.25) is 4.79 Å². The van der Waals surface area contributed by atoms with Gasteiger partial charge >= 0.3 is 0 Å². The molecule has 3 N–H and O–H groups in total. The summed E-state index contributed by atoms with van der Waals surface area (Å²) in [6.45, 7) is 10.9. The summed E-state index contributed by atoms with van der Waals surface area (Å²) in [6, 6.07) is 0.200. The maximum Gasteiger partial charge on any atom is 0.263 e. The average Bonchev–Trinajstić information content (AvgIpc) is 3.07. The molecule has 2 saturated carbocycles. The second-order valence-corrected chi connectivity index (χ2v) is 9.88. The van der Waals surface area contributed by atoms with Crippen LogP contribution in [0.25, 0.3) is 10.2 Å². The third kappa shape index (κ3) is 2.70. The summed E-state index contributed by atoms with van der Waals surface area (Å²) in [5, 5.41) is 12.6. The fourth-order valence-electron chi connectivity index (χ4n) is 5.05. The number of hydrogen-bond acceptors (Lipinski definition) is 5. The highest BCUT2D eigenvalue weighted by Crippen LogP contribution is 2.61. The molecule has 5 nitrogen and oxygen atoms in total. The molecule has 2 aromatic rings. The summed E-state index contributed by atoms with van der Waals surface area (Å²) in [5.41, 5.74) is 9.24. The SMILES string of the molecule is Cc1nnc2sc(C(=O)NC3C(C)CC4CC4(C)CC3C)c(N)c2c1C. The van der Waals surface area contributed by atoms with Crippen molar-refractivity contribution in [3.05, 3.63) is 16.1 Å². The van der Waals surface area contributed by atoms with Gasteiger partial charge < -0.3 is 11.1 Å². The molecule has 5 atom stereocenters. The van der Waals surface area contributed by atoms with Crippen LogP contribution in [0.5, 0.6) is 0 Å². The van der Waals surface area contributed by atoms with Crippen molar-refractivity contribution in [3.63, 3.8) is 0 Å². The van der Waals surface area contributed by atoms with Crippen LogP contribution in [0.15, 0.2) is 0 Å². The number of anilines is 1. The van der Waals surface area contributed by atoms with Crippen LogP contribution in [0.3, 0.4) is 0 Å². The number of aromatic nitrogens is 2. The molecule has 0 aromatic carbocycles. The summed E-state index contributed by atoms with van der Waals surface area (Å²) in [6.07, 6.45) is 3.75. The fraction of sp³-hybridized carbons (Fsp3) is 0.650. The van der Waals surface area contributed by atoms with Crippen molar-refractivity contribution in [2.45, 2.75) is 59.9 Å². The number of nitrogens with zero attached hydrogens (tertiary/aromatic N) is 2. The van der Waals surface area contributed by atoms with Crippen molar-refractivity contribution in [1.82, 2.24) is 15.5 Å². The fourth-order valence-corrected chi connectivity index (χ4v) is 6.05. The lowest BCUT2D eigenvalue weighted by Crippen LogP contribution is -2.43. The van der Waals surface area contributed by atoms with E-state index in [0.29, 0.717) is 27.8 Å². The lowest BCUT2D eigenvalue weighted by atomic mass is 9.86. The standard InChI is InChI=1S/C20H28N4OS/c1-9-6-13-8-20(13,5)7-10(2)16(9)22-18(25)17-15(21)14-11(3)12(4)23-24-19(14)26-17/h9-10,13,16H,6-8,21H2,1-5H3,(H,22,25). The number of aryl methyl sites for hydroxylation is 2. The maximum atomic E-state index is 13.0. The van der Waals surface area contributed by atoms with Gasteiger partial charge in [0.25, 0.3) is 5.91 Å². The first-order valence-electron chi connectivity index (χ1n) is 9.54. The van der Waals surface area contributed by atoms with E-state index in [1.54, 1.807) is 0 Å². The van der Waals surface area contributed by atoms with Crippen molar-refractivity contribution in [1.29, 1.82) is 0 Å². The smallest absolute Gasteiger partial charge is 0.263 e. The van der Waals surface area contributed by atoms with E-state index in [4.69, 9.17) is 5.73 Å². The molecule has 0 aliphatic heterocycles. The first-order chi connectivity index (χ1) is 12.2. The van der Waals surface area contributed by atoms with Gasteiger partial charge in [-0.05, 0) is 61.8 Å². The quantitative estimate of drug-likeness (QED) is 0.832. The highest BCUT2D eigenvalue weighted by Gasteiger charge is 2.54. The second kappa shape index (κ2) is 5.91. The topological polar surface area (TPSA) is 80.9 Å². The summed E-state index contributed by atoms with van der Waals surface area (Å²) in [5.74, 6) is 1.73. The van der Waals surface area contributed by atoms with E-state index >= 15 is 0 Å². The largest absolute Gasteiger partial charge is 0.397 e. The van der Waals surface area contributed by atoms with E-state index in [2.05, 4.69) is 36.3 Å². The van der Waals surface area contributed by atoms with Crippen molar-refractivity contribution < 1.29 is 4.79 Å². The van der Waals surface area contributed by atoms with Gasteiger partial charge in [-0.1, -0.05) is 20.8 Å². The minimum Gasteiger partial charge on any atom is -0.397 e. The van der Waals surface area contributed by atoms with Crippen molar-refractivity contribution in [2.75, 3.05) is 5.73 Å².